The molecule has 0 spiro atoms. The van der Waals surface area contributed by atoms with Gasteiger partial charge in [-0.3, -0.25) is 4.79 Å². The zero-order chi connectivity index (χ0) is 10.6. The van der Waals surface area contributed by atoms with Gasteiger partial charge in [0.25, 0.3) is 0 Å². The van der Waals surface area contributed by atoms with Gasteiger partial charge in [-0.25, -0.2) is 0 Å². The Morgan fingerprint density at radius 1 is 1.29 bits per heavy atom. The third-order valence-electron chi connectivity index (χ3n) is 2.98. The van der Waals surface area contributed by atoms with Gasteiger partial charge in [-0.15, -0.1) is 0 Å². The van der Waals surface area contributed by atoms with Crippen LogP contribution in [0.1, 0.15) is 32.1 Å². The number of hydrogen-bond acceptors (Lipinski definition) is 3. The highest BCUT2D eigenvalue weighted by molar-refractivity contribution is 6.21. The van der Waals surface area contributed by atoms with E-state index in [-0.39, 0.29) is 5.97 Å². The van der Waals surface area contributed by atoms with E-state index in [0.29, 0.717) is 0 Å². The summed E-state index contributed by atoms with van der Waals surface area (Å²) in [6.45, 7) is 0. The molecule has 3 nitrogen and oxygen atoms in total. The maximum Gasteiger partial charge on any atom is 0.315 e. The summed E-state index contributed by atoms with van der Waals surface area (Å²) in [5.74, 6) is -0.237. The topological polar surface area (TPSA) is 35.5 Å². The predicted octanol–water partition coefficient (Wildman–Crippen LogP) is 2.32. The van der Waals surface area contributed by atoms with Crippen molar-refractivity contribution in [3.63, 3.8) is 0 Å². The molecule has 1 atom stereocenters. The lowest BCUT2D eigenvalue weighted by atomic mass is 9.74. The van der Waals surface area contributed by atoms with Crippen molar-refractivity contribution in [2.45, 2.75) is 37.7 Å². The van der Waals surface area contributed by atoms with Crippen LogP contribution in [0.25, 0.3) is 0 Å². The summed E-state index contributed by atoms with van der Waals surface area (Å²) in [4.78, 5) is 11.7. The van der Waals surface area contributed by atoms with Crippen molar-refractivity contribution in [2.75, 3.05) is 14.2 Å². The lowest BCUT2D eigenvalue weighted by Crippen LogP contribution is -2.43. The number of esters is 1. The van der Waals surface area contributed by atoms with Crippen molar-refractivity contribution in [1.82, 2.24) is 0 Å². The number of ether oxygens (including phenoxy) is 2. The first-order valence-corrected chi connectivity index (χ1v) is 5.36. The Balaban J connectivity index is 2.82. The summed E-state index contributed by atoms with van der Waals surface area (Å²) >= 11 is 6.05. The highest BCUT2D eigenvalue weighted by Gasteiger charge is 2.47. The van der Waals surface area contributed by atoms with E-state index in [1.54, 1.807) is 0 Å². The maximum absolute atomic E-state index is 11.7. The normalized spacial score (nSPS) is 22.8. The van der Waals surface area contributed by atoms with Crippen LogP contribution in [0.2, 0.25) is 0 Å². The summed E-state index contributed by atoms with van der Waals surface area (Å²) < 4.78 is 9.89. The minimum absolute atomic E-state index is 0.237. The average Bonchev–Trinajstić information content (AvgIpc) is 2.27. The van der Waals surface area contributed by atoms with Crippen molar-refractivity contribution in [3.05, 3.63) is 0 Å². The number of methoxy groups -OCH3 is 2. The highest BCUT2D eigenvalue weighted by atomic mass is 35.5. The first kappa shape index (κ1) is 11.8. The van der Waals surface area contributed by atoms with Gasteiger partial charge in [-0.2, -0.15) is 0 Å². The van der Waals surface area contributed by atoms with E-state index in [9.17, 15) is 4.79 Å². The predicted molar refractivity (Wildman–Crippen MR) is 54.2 cm³/mol. The Morgan fingerprint density at radius 2 is 1.86 bits per heavy atom. The molecule has 0 radical (unpaired) electrons. The van der Waals surface area contributed by atoms with E-state index < -0.39 is 11.0 Å². The fraction of sp³-hybridized carbons (Fsp3) is 0.900. The second-order valence-electron chi connectivity index (χ2n) is 3.76. The number of rotatable bonds is 3. The van der Waals surface area contributed by atoms with Gasteiger partial charge in [0.2, 0.25) is 0 Å². The van der Waals surface area contributed by atoms with E-state index in [1.165, 1.54) is 14.2 Å². The van der Waals surface area contributed by atoms with Gasteiger partial charge in [0, 0.05) is 7.11 Å². The van der Waals surface area contributed by atoms with Crippen LogP contribution >= 0.6 is 11.6 Å². The summed E-state index contributed by atoms with van der Waals surface area (Å²) in [5, 5.41) is 0. The van der Waals surface area contributed by atoms with Gasteiger partial charge in [-0.1, -0.05) is 30.9 Å². The van der Waals surface area contributed by atoms with Crippen LogP contribution in [-0.4, -0.2) is 25.8 Å². The molecule has 0 heterocycles. The first-order valence-electron chi connectivity index (χ1n) is 4.92. The molecule has 0 aromatic heterocycles. The minimum atomic E-state index is -0.622. The van der Waals surface area contributed by atoms with Crippen LogP contribution in [0.5, 0.6) is 0 Å². The fourth-order valence-electron chi connectivity index (χ4n) is 2.14. The van der Waals surface area contributed by atoms with Gasteiger partial charge in [0.05, 0.1) is 7.11 Å². The van der Waals surface area contributed by atoms with Gasteiger partial charge >= 0.3 is 5.97 Å². The summed E-state index contributed by atoms with van der Waals surface area (Å²) in [6.07, 6.45) is 4.72. The Morgan fingerprint density at radius 3 is 2.29 bits per heavy atom. The van der Waals surface area contributed by atoms with Gasteiger partial charge < -0.3 is 9.47 Å². The van der Waals surface area contributed by atoms with Crippen molar-refractivity contribution in [2.24, 2.45) is 5.41 Å². The van der Waals surface area contributed by atoms with Crippen LogP contribution in [0.4, 0.5) is 0 Å². The van der Waals surface area contributed by atoms with Gasteiger partial charge in [0.1, 0.15) is 11.0 Å². The molecular formula is C10H17ClO3. The van der Waals surface area contributed by atoms with E-state index in [4.69, 9.17) is 21.1 Å². The number of alkyl halides is 1. The van der Waals surface area contributed by atoms with Crippen molar-refractivity contribution < 1.29 is 14.3 Å². The Labute approximate surface area is 89.7 Å². The van der Waals surface area contributed by atoms with E-state index in [1.807, 2.05) is 0 Å². The van der Waals surface area contributed by atoms with Crippen molar-refractivity contribution in [1.29, 1.82) is 0 Å². The molecular weight excluding hydrogens is 204 g/mol. The summed E-state index contributed by atoms with van der Waals surface area (Å²) in [6, 6.07) is 0. The number of hydrogen-bond donors (Lipinski definition) is 0. The molecule has 1 rings (SSSR count). The smallest absolute Gasteiger partial charge is 0.315 e. The number of halogens is 1. The molecule has 82 valence electrons. The summed E-state index contributed by atoms with van der Waals surface area (Å²) in [5.41, 5.74) is -1.20. The maximum atomic E-state index is 11.7. The molecule has 4 heteroatoms. The molecule has 0 aliphatic heterocycles. The average molecular weight is 221 g/mol. The monoisotopic (exact) mass is 220 g/mol. The minimum Gasteiger partial charge on any atom is -0.468 e. The zero-order valence-electron chi connectivity index (χ0n) is 8.72. The largest absolute Gasteiger partial charge is 0.468 e. The van der Waals surface area contributed by atoms with E-state index in [0.717, 1.165) is 32.1 Å². The van der Waals surface area contributed by atoms with Crippen LogP contribution in [0.15, 0.2) is 0 Å². The van der Waals surface area contributed by atoms with Crippen LogP contribution < -0.4 is 0 Å². The highest BCUT2D eigenvalue weighted by Crippen LogP contribution is 2.42. The lowest BCUT2D eigenvalue weighted by Gasteiger charge is -2.36. The van der Waals surface area contributed by atoms with Gasteiger partial charge in [0.15, 0.2) is 0 Å². The second kappa shape index (κ2) is 4.99. The number of carbonyl (C=O) groups is 1. The molecule has 1 saturated carbocycles. The van der Waals surface area contributed by atoms with E-state index in [2.05, 4.69) is 0 Å². The molecule has 0 bridgehead atoms. The lowest BCUT2D eigenvalue weighted by molar-refractivity contribution is -0.161. The third kappa shape index (κ3) is 2.04. The molecule has 0 aromatic rings. The molecule has 0 amide bonds. The zero-order valence-corrected chi connectivity index (χ0v) is 9.47. The SMILES string of the molecule is COC(=O)C1(C(Cl)OC)CCCCC1. The molecule has 0 N–H and O–H groups in total. The molecule has 0 aromatic carbocycles. The van der Waals surface area contributed by atoms with E-state index >= 15 is 0 Å². The Hall–Kier alpha value is -0.280. The molecule has 14 heavy (non-hydrogen) atoms. The van der Waals surface area contributed by atoms with Crippen molar-refractivity contribution in [3.8, 4) is 0 Å². The Bertz CT molecular complexity index is 200. The van der Waals surface area contributed by atoms with Crippen LogP contribution in [-0.2, 0) is 14.3 Å². The fourth-order valence-corrected chi connectivity index (χ4v) is 2.44. The molecule has 1 unspecified atom stereocenters. The molecule has 1 aliphatic carbocycles. The molecule has 0 saturated heterocycles. The third-order valence-corrected chi connectivity index (χ3v) is 3.57. The standard InChI is InChI=1S/C10H17ClO3/c1-13-8(11)10(9(12)14-2)6-4-3-5-7-10/h8H,3-7H2,1-2H3. The van der Waals surface area contributed by atoms with Crippen LogP contribution in [0, 0.1) is 5.41 Å². The molecule has 1 fully saturated rings. The number of carbonyl (C=O) groups excluding carboxylic acids is 1. The second-order valence-corrected chi connectivity index (χ2v) is 4.16. The Kier molecular flexibility index (Phi) is 4.20. The summed E-state index contributed by atoms with van der Waals surface area (Å²) in [7, 11) is 2.93. The van der Waals surface area contributed by atoms with Gasteiger partial charge in [-0.05, 0) is 12.8 Å². The van der Waals surface area contributed by atoms with Crippen molar-refractivity contribution >= 4 is 17.6 Å². The first-order chi connectivity index (χ1) is 6.67. The molecule has 1 aliphatic rings. The van der Waals surface area contributed by atoms with Crippen LogP contribution in [0.3, 0.4) is 0 Å². The quantitative estimate of drug-likeness (QED) is 0.541.